The van der Waals surface area contributed by atoms with E-state index < -0.39 is 0 Å². The molecule has 0 N–H and O–H groups in total. The van der Waals surface area contributed by atoms with Crippen LogP contribution < -0.4 is 0 Å². The van der Waals surface area contributed by atoms with Crippen molar-refractivity contribution in [1.29, 1.82) is 0 Å². The van der Waals surface area contributed by atoms with E-state index in [9.17, 15) is 0 Å². The Labute approximate surface area is 76.8 Å². The normalized spacial score (nSPS) is 14.9. The lowest BCUT2D eigenvalue weighted by molar-refractivity contribution is 0.102. The highest BCUT2D eigenvalue weighted by Crippen LogP contribution is 2.10. The molecule has 0 fully saturated rings. The Bertz CT molecular complexity index is 125. The summed E-state index contributed by atoms with van der Waals surface area (Å²) in [6.07, 6.45) is 4.68. The third-order valence-electron chi connectivity index (χ3n) is 2.02. The van der Waals surface area contributed by atoms with Crippen molar-refractivity contribution in [3.05, 3.63) is 12.2 Å². The molecule has 0 aromatic rings. The Morgan fingerprint density at radius 2 is 1.67 bits per heavy atom. The summed E-state index contributed by atoms with van der Waals surface area (Å²) in [6, 6.07) is 0. The van der Waals surface area contributed by atoms with Gasteiger partial charge in [0.15, 0.2) is 0 Å². The lowest BCUT2D eigenvalue weighted by atomic mass is 9.98. The summed E-state index contributed by atoms with van der Waals surface area (Å²) in [6.45, 7) is 11.6. The zero-order valence-electron chi connectivity index (χ0n) is 9.00. The fourth-order valence-electron chi connectivity index (χ4n) is 0.740. The van der Waals surface area contributed by atoms with Crippen molar-refractivity contribution in [3.63, 3.8) is 0 Å². The maximum absolute atomic E-state index is 5.39. The van der Waals surface area contributed by atoms with Crippen LogP contribution in [-0.2, 0) is 4.74 Å². The molecule has 1 atom stereocenters. The monoisotopic (exact) mass is 170 g/mol. The number of rotatable bonds is 5. The molecular formula is C11H22O. The largest absolute Gasteiger partial charge is 0.375 e. The second-order valence-corrected chi connectivity index (χ2v) is 3.91. The van der Waals surface area contributed by atoms with E-state index in [0.717, 1.165) is 12.5 Å². The van der Waals surface area contributed by atoms with Gasteiger partial charge < -0.3 is 4.74 Å². The molecular weight excluding hydrogens is 148 g/mol. The summed E-state index contributed by atoms with van der Waals surface area (Å²) in [5.41, 5.74) is 0. The Kier molecular flexibility index (Phi) is 6.09. The maximum atomic E-state index is 5.39. The van der Waals surface area contributed by atoms with Gasteiger partial charge in [0.05, 0.1) is 12.7 Å². The first-order valence-electron chi connectivity index (χ1n) is 4.82. The molecule has 0 aliphatic carbocycles. The Morgan fingerprint density at radius 1 is 1.08 bits per heavy atom. The van der Waals surface area contributed by atoms with Crippen LogP contribution in [0.15, 0.2) is 12.2 Å². The molecule has 72 valence electrons. The van der Waals surface area contributed by atoms with Crippen molar-refractivity contribution in [1.82, 2.24) is 0 Å². The first-order chi connectivity index (χ1) is 5.54. The van der Waals surface area contributed by atoms with Gasteiger partial charge in [-0.3, -0.25) is 0 Å². The van der Waals surface area contributed by atoms with Crippen LogP contribution in [0.25, 0.3) is 0 Å². The Balaban J connectivity index is 3.48. The van der Waals surface area contributed by atoms with E-state index in [4.69, 9.17) is 4.74 Å². The second kappa shape index (κ2) is 6.24. The third-order valence-corrected chi connectivity index (χ3v) is 2.02. The van der Waals surface area contributed by atoms with E-state index >= 15 is 0 Å². The highest BCUT2D eigenvalue weighted by atomic mass is 16.5. The van der Waals surface area contributed by atoms with Gasteiger partial charge in [0.1, 0.15) is 0 Å². The first-order valence-corrected chi connectivity index (χ1v) is 4.82. The summed E-state index contributed by atoms with van der Waals surface area (Å²) in [5, 5.41) is 0. The molecule has 0 rings (SSSR count). The van der Waals surface area contributed by atoms with Crippen LogP contribution in [0.3, 0.4) is 0 Å². The average Bonchev–Trinajstić information content (AvgIpc) is 1.97. The predicted molar refractivity (Wildman–Crippen MR) is 54.2 cm³/mol. The van der Waals surface area contributed by atoms with E-state index in [2.05, 4.69) is 46.8 Å². The Morgan fingerprint density at radius 3 is 2.08 bits per heavy atom. The van der Waals surface area contributed by atoms with Crippen molar-refractivity contribution in [2.45, 2.75) is 40.7 Å². The lowest BCUT2D eigenvalue weighted by Crippen LogP contribution is -2.03. The molecule has 0 heterocycles. The third kappa shape index (κ3) is 6.41. The van der Waals surface area contributed by atoms with Crippen LogP contribution in [-0.4, -0.2) is 12.7 Å². The van der Waals surface area contributed by atoms with E-state index in [1.165, 1.54) is 0 Å². The summed E-state index contributed by atoms with van der Waals surface area (Å²) in [5.74, 6) is 1.38. The molecule has 0 spiro atoms. The van der Waals surface area contributed by atoms with E-state index in [1.807, 2.05) is 0 Å². The number of ether oxygens (including phenoxy) is 1. The number of allylic oxidation sites excluding steroid dienone is 1. The fourth-order valence-corrected chi connectivity index (χ4v) is 0.740. The van der Waals surface area contributed by atoms with Crippen LogP contribution in [0.1, 0.15) is 34.6 Å². The minimum Gasteiger partial charge on any atom is -0.375 e. The number of hydrogen-bond donors (Lipinski definition) is 0. The predicted octanol–water partition coefficient (Wildman–Crippen LogP) is 3.26. The van der Waals surface area contributed by atoms with Crippen LogP contribution in [0.4, 0.5) is 0 Å². The maximum Gasteiger partial charge on any atom is 0.0651 e. The molecule has 0 aromatic carbocycles. The molecule has 0 unspecified atom stereocenters. The van der Waals surface area contributed by atoms with Gasteiger partial charge in [-0.2, -0.15) is 0 Å². The average molecular weight is 170 g/mol. The van der Waals surface area contributed by atoms with Crippen molar-refractivity contribution in [2.24, 2.45) is 11.8 Å². The summed E-state index contributed by atoms with van der Waals surface area (Å²) < 4.78 is 5.39. The molecule has 0 bridgehead atoms. The van der Waals surface area contributed by atoms with Crippen LogP contribution in [0.5, 0.6) is 0 Å². The molecule has 0 saturated heterocycles. The van der Waals surface area contributed by atoms with Gasteiger partial charge in [-0.15, -0.1) is 0 Å². The fraction of sp³-hybridized carbons (Fsp3) is 0.818. The van der Waals surface area contributed by atoms with Gasteiger partial charge >= 0.3 is 0 Å². The summed E-state index contributed by atoms with van der Waals surface area (Å²) >= 11 is 0. The minimum absolute atomic E-state index is 0.337. The zero-order chi connectivity index (χ0) is 9.56. The lowest BCUT2D eigenvalue weighted by Gasteiger charge is -2.10. The van der Waals surface area contributed by atoms with Crippen LogP contribution in [0.2, 0.25) is 0 Å². The van der Waals surface area contributed by atoms with Gasteiger partial charge in [-0.05, 0) is 25.7 Å². The van der Waals surface area contributed by atoms with Crippen LogP contribution >= 0.6 is 0 Å². The topological polar surface area (TPSA) is 9.23 Å². The highest BCUT2D eigenvalue weighted by Gasteiger charge is 2.00. The van der Waals surface area contributed by atoms with Crippen LogP contribution in [0, 0.1) is 11.8 Å². The van der Waals surface area contributed by atoms with Gasteiger partial charge in [0.2, 0.25) is 0 Å². The van der Waals surface area contributed by atoms with Crippen molar-refractivity contribution in [3.8, 4) is 0 Å². The van der Waals surface area contributed by atoms with Crippen molar-refractivity contribution < 1.29 is 4.74 Å². The van der Waals surface area contributed by atoms with Gasteiger partial charge in [-0.1, -0.05) is 32.9 Å². The van der Waals surface area contributed by atoms with Gasteiger partial charge in [0, 0.05) is 0 Å². The molecule has 1 nitrogen and oxygen atoms in total. The van der Waals surface area contributed by atoms with Crippen molar-refractivity contribution >= 4 is 0 Å². The van der Waals surface area contributed by atoms with Gasteiger partial charge in [-0.25, -0.2) is 0 Å². The Hall–Kier alpha value is -0.300. The molecule has 0 aromatic heterocycles. The van der Waals surface area contributed by atoms with E-state index in [-0.39, 0.29) is 0 Å². The molecule has 0 radical (unpaired) electrons. The zero-order valence-corrected chi connectivity index (χ0v) is 9.00. The molecule has 1 heteroatoms. The number of hydrogen-bond acceptors (Lipinski definition) is 1. The first kappa shape index (κ1) is 11.7. The quantitative estimate of drug-likeness (QED) is 0.575. The van der Waals surface area contributed by atoms with E-state index in [1.54, 1.807) is 0 Å². The minimum atomic E-state index is 0.337. The second-order valence-electron chi connectivity index (χ2n) is 3.91. The highest BCUT2D eigenvalue weighted by molar-refractivity contribution is 4.87. The van der Waals surface area contributed by atoms with Gasteiger partial charge in [0.25, 0.3) is 0 Å². The SMILES string of the molecule is CC(C)OC/C=C/[C@@H](C)C(C)C. The van der Waals surface area contributed by atoms with E-state index in [0.29, 0.717) is 12.0 Å². The molecule has 0 saturated carbocycles. The van der Waals surface area contributed by atoms with Crippen molar-refractivity contribution in [2.75, 3.05) is 6.61 Å². The summed E-state index contributed by atoms with van der Waals surface area (Å²) in [4.78, 5) is 0. The molecule has 0 aliphatic heterocycles. The summed E-state index contributed by atoms with van der Waals surface area (Å²) in [7, 11) is 0. The smallest absolute Gasteiger partial charge is 0.0651 e. The molecule has 0 aliphatic rings. The molecule has 0 amide bonds. The standard InChI is InChI=1S/C11H22O/c1-9(2)11(5)7-6-8-12-10(3)4/h6-7,9-11H,8H2,1-5H3/b7-6+/t11-/m1/s1. The molecule has 12 heavy (non-hydrogen) atoms.